The molecular formula is C13H21NO2. The number of nitrogens with one attached hydrogen (secondary N) is 1. The van der Waals surface area contributed by atoms with E-state index in [1.807, 2.05) is 0 Å². The van der Waals surface area contributed by atoms with Crippen LogP contribution in [0.25, 0.3) is 0 Å². The van der Waals surface area contributed by atoms with Gasteiger partial charge in [-0.05, 0) is 49.4 Å². The highest BCUT2D eigenvalue weighted by atomic mass is 16.7. The van der Waals surface area contributed by atoms with Crippen LogP contribution in [0.15, 0.2) is 0 Å². The van der Waals surface area contributed by atoms with Crippen LogP contribution in [0.5, 0.6) is 0 Å². The van der Waals surface area contributed by atoms with Crippen molar-refractivity contribution in [2.24, 2.45) is 23.7 Å². The molecule has 90 valence electrons. The fraction of sp³-hybridized carbons (Fsp3) is 1.00. The molecule has 5 atom stereocenters. The van der Waals surface area contributed by atoms with Gasteiger partial charge in [0, 0.05) is 12.6 Å². The van der Waals surface area contributed by atoms with Gasteiger partial charge in [-0.25, -0.2) is 0 Å². The van der Waals surface area contributed by atoms with Crippen LogP contribution in [0, 0.1) is 23.7 Å². The molecule has 0 spiro atoms. The molecule has 0 amide bonds. The highest BCUT2D eigenvalue weighted by Crippen LogP contribution is 2.65. The van der Waals surface area contributed by atoms with Gasteiger partial charge in [-0.3, -0.25) is 0 Å². The molecule has 5 unspecified atom stereocenters. The lowest BCUT2D eigenvalue weighted by Crippen LogP contribution is -2.36. The van der Waals surface area contributed by atoms with Crippen LogP contribution in [0.2, 0.25) is 0 Å². The SMILES string of the molecule is C1CC(CNC2C3C4CCC(C4)C23)OCO1. The zero-order valence-corrected chi connectivity index (χ0v) is 9.73. The Balaban J connectivity index is 1.28. The van der Waals surface area contributed by atoms with E-state index in [4.69, 9.17) is 9.47 Å². The van der Waals surface area contributed by atoms with Gasteiger partial charge in [0.25, 0.3) is 0 Å². The van der Waals surface area contributed by atoms with E-state index in [0.717, 1.165) is 49.3 Å². The first-order valence-corrected chi connectivity index (χ1v) is 6.86. The van der Waals surface area contributed by atoms with Crippen molar-refractivity contribution in [3.63, 3.8) is 0 Å². The summed E-state index contributed by atoms with van der Waals surface area (Å²) in [6, 6.07) is 0.845. The molecule has 4 aliphatic rings. The Morgan fingerprint density at radius 3 is 2.56 bits per heavy atom. The molecule has 4 fully saturated rings. The van der Waals surface area contributed by atoms with Gasteiger partial charge in [-0.1, -0.05) is 0 Å². The van der Waals surface area contributed by atoms with E-state index in [1.54, 1.807) is 6.42 Å². The quantitative estimate of drug-likeness (QED) is 0.784. The Morgan fingerprint density at radius 1 is 1.06 bits per heavy atom. The first-order valence-electron chi connectivity index (χ1n) is 6.86. The Labute approximate surface area is 96.9 Å². The van der Waals surface area contributed by atoms with Gasteiger partial charge in [0.1, 0.15) is 6.79 Å². The normalized spacial score (nSPS) is 54.0. The van der Waals surface area contributed by atoms with E-state index in [1.165, 1.54) is 12.8 Å². The lowest BCUT2D eigenvalue weighted by Gasteiger charge is -2.23. The average Bonchev–Trinajstić information content (AvgIpc) is 2.72. The van der Waals surface area contributed by atoms with E-state index in [9.17, 15) is 0 Å². The number of ether oxygens (including phenoxy) is 2. The zero-order chi connectivity index (χ0) is 10.5. The van der Waals surface area contributed by atoms with E-state index in [-0.39, 0.29) is 0 Å². The van der Waals surface area contributed by atoms with Crippen molar-refractivity contribution in [2.45, 2.75) is 37.8 Å². The summed E-state index contributed by atoms with van der Waals surface area (Å²) in [7, 11) is 0. The monoisotopic (exact) mass is 223 g/mol. The van der Waals surface area contributed by atoms with E-state index >= 15 is 0 Å². The van der Waals surface area contributed by atoms with Gasteiger partial charge in [0.2, 0.25) is 0 Å². The van der Waals surface area contributed by atoms with Crippen LogP contribution in [0.1, 0.15) is 25.7 Å². The van der Waals surface area contributed by atoms with Crippen LogP contribution in [0.3, 0.4) is 0 Å². The molecule has 4 rings (SSSR count). The molecule has 3 nitrogen and oxygen atoms in total. The molecule has 3 aliphatic carbocycles. The number of hydrogen-bond donors (Lipinski definition) is 1. The van der Waals surface area contributed by atoms with Gasteiger partial charge in [-0.15, -0.1) is 0 Å². The minimum absolute atomic E-state index is 0.396. The van der Waals surface area contributed by atoms with Crippen LogP contribution < -0.4 is 5.32 Å². The van der Waals surface area contributed by atoms with E-state index in [0.29, 0.717) is 12.9 Å². The van der Waals surface area contributed by atoms with Gasteiger partial charge in [-0.2, -0.15) is 0 Å². The minimum atomic E-state index is 0.396. The molecule has 0 aromatic heterocycles. The molecular weight excluding hydrogens is 202 g/mol. The third kappa shape index (κ3) is 1.45. The van der Waals surface area contributed by atoms with Crippen molar-refractivity contribution in [3.8, 4) is 0 Å². The largest absolute Gasteiger partial charge is 0.355 e. The summed E-state index contributed by atoms with van der Waals surface area (Å²) in [4.78, 5) is 0. The molecule has 2 bridgehead atoms. The first kappa shape index (κ1) is 9.86. The average molecular weight is 223 g/mol. The standard InChI is InChI=1S/C13H21NO2/c1-2-9-5-8(1)11-12(9)13(11)14-6-10-3-4-15-7-16-10/h8-14H,1-7H2. The van der Waals surface area contributed by atoms with Crippen molar-refractivity contribution in [1.29, 1.82) is 0 Å². The Hall–Kier alpha value is -0.120. The maximum atomic E-state index is 5.56. The van der Waals surface area contributed by atoms with Crippen molar-refractivity contribution < 1.29 is 9.47 Å². The first-order chi connectivity index (χ1) is 7.93. The lowest BCUT2D eigenvalue weighted by atomic mass is 10.0. The second kappa shape index (κ2) is 3.69. The Kier molecular flexibility index (Phi) is 2.27. The maximum Gasteiger partial charge on any atom is 0.147 e. The summed E-state index contributed by atoms with van der Waals surface area (Å²) in [5, 5.41) is 3.75. The third-order valence-corrected chi connectivity index (χ3v) is 5.29. The van der Waals surface area contributed by atoms with E-state index in [2.05, 4.69) is 5.32 Å². The summed E-state index contributed by atoms with van der Waals surface area (Å²) in [5.41, 5.74) is 0. The van der Waals surface area contributed by atoms with Crippen molar-refractivity contribution in [3.05, 3.63) is 0 Å². The summed E-state index contributed by atoms with van der Waals surface area (Å²) in [5.74, 6) is 4.23. The summed E-state index contributed by atoms with van der Waals surface area (Å²) in [6.07, 6.45) is 6.02. The molecule has 0 aromatic carbocycles. The summed E-state index contributed by atoms with van der Waals surface area (Å²) >= 11 is 0. The molecule has 1 N–H and O–H groups in total. The summed E-state index contributed by atoms with van der Waals surface area (Å²) in [6.45, 7) is 2.41. The minimum Gasteiger partial charge on any atom is -0.355 e. The molecule has 1 aliphatic heterocycles. The number of fused-ring (bicyclic) bond motifs is 5. The molecule has 1 heterocycles. The zero-order valence-electron chi connectivity index (χ0n) is 9.73. The number of rotatable bonds is 3. The Morgan fingerprint density at radius 2 is 1.88 bits per heavy atom. The van der Waals surface area contributed by atoms with Crippen molar-refractivity contribution in [2.75, 3.05) is 19.9 Å². The molecule has 1 saturated heterocycles. The fourth-order valence-corrected chi connectivity index (χ4v) is 4.53. The van der Waals surface area contributed by atoms with Crippen LogP contribution in [-0.2, 0) is 9.47 Å². The van der Waals surface area contributed by atoms with Gasteiger partial charge < -0.3 is 14.8 Å². The molecule has 3 heteroatoms. The molecule has 16 heavy (non-hydrogen) atoms. The molecule has 0 radical (unpaired) electrons. The van der Waals surface area contributed by atoms with Gasteiger partial charge in [0.15, 0.2) is 0 Å². The van der Waals surface area contributed by atoms with Gasteiger partial charge in [0.05, 0.1) is 12.7 Å². The van der Waals surface area contributed by atoms with Crippen LogP contribution >= 0.6 is 0 Å². The second-order valence-corrected chi connectivity index (χ2v) is 6.03. The molecule has 0 aromatic rings. The van der Waals surface area contributed by atoms with Crippen molar-refractivity contribution in [1.82, 2.24) is 5.32 Å². The highest BCUT2D eigenvalue weighted by Gasteiger charge is 2.64. The lowest BCUT2D eigenvalue weighted by molar-refractivity contribution is -0.137. The molecule has 3 saturated carbocycles. The van der Waals surface area contributed by atoms with E-state index < -0.39 is 0 Å². The smallest absolute Gasteiger partial charge is 0.147 e. The number of hydrogen-bond acceptors (Lipinski definition) is 3. The topological polar surface area (TPSA) is 30.5 Å². The predicted octanol–water partition coefficient (Wildman–Crippen LogP) is 1.38. The van der Waals surface area contributed by atoms with Crippen LogP contribution in [0.4, 0.5) is 0 Å². The van der Waals surface area contributed by atoms with Gasteiger partial charge >= 0.3 is 0 Å². The summed E-state index contributed by atoms with van der Waals surface area (Å²) < 4.78 is 10.8. The second-order valence-electron chi connectivity index (χ2n) is 6.03. The maximum absolute atomic E-state index is 5.56. The Bertz CT molecular complexity index is 261. The van der Waals surface area contributed by atoms with Crippen LogP contribution in [-0.4, -0.2) is 32.1 Å². The highest BCUT2D eigenvalue weighted by molar-refractivity contribution is 5.16. The third-order valence-electron chi connectivity index (χ3n) is 5.29. The fourth-order valence-electron chi connectivity index (χ4n) is 4.53. The predicted molar refractivity (Wildman–Crippen MR) is 59.9 cm³/mol. The van der Waals surface area contributed by atoms with Crippen molar-refractivity contribution >= 4 is 0 Å².